The van der Waals surface area contributed by atoms with E-state index in [2.05, 4.69) is 32.9 Å². The van der Waals surface area contributed by atoms with Crippen molar-refractivity contribution in [2.75, 3.05) is 0 Å². The van der Waals surface area contributed by atoms with Gasteiger partial charge in [0.2, 0.25) is 0 Å². The maximum atomic E-state index is 12.3. The molecule has 3 atom stereocenters. The first-order valence-corrected chi connectivity index (χ1v) is 12.3. The molecule has 3 nitrogen and oxygen atoms in total. The molecule has 0 aliphatic carbocycles. The van der Waals surface area contributed by atoms with Crippen molar-refractivity contribution in [1.29, 1.82) is 0 Å². The third-order valence-electron chi connectivity index (χ3n) is 5.79. The zero-order valence-corrected chi connectivity index (χ0v) is 20.3. The standard InChI is InChI=1S/C26H50O3/c1-7-8-9-10-11-12-13-14-15-16-17-18-19-20-23(4)25(27)29-24(5)26(6,28)21-22(2)3/h14-15,22-24,28H,7-13,16-21H2,1-6H3. The molecule has 0 bridgehead atoms. The van der Waals surface area contributed by atoms with Crippen LogP contribution in [-0.2, 0) is 9.53 Å². The lowest BCUT2D eigenvalue weighted by molar-refractivity contribution is -0.167. The smallest absolute Gasteiger partial charge is 0.309 e. The molecular formula is C26H50O3. The fourth-order valence-electron chi connectivity index (χ4n) is 3.70. The Hall–Kier alpha value is -0.830. The van der Waals surface area contributed by atoms with Crippen molar-refractivity contribution in [3.8, 4) is 0 Å². The summed E-state index contributed by atoms with van der Waals surface area (Å²) in [6.45, 7) is 11.9. The van der Waals surface area contributed by atoms with E-state index >= 15 is 0 Å². The molecular weight excluding hydrogens is 360 g/mol. The zero-order chi connectivity index (χ0) is 22.1. The van der Waals surface area contributed by atoms with Gasteiger partial charge >= 0.3 is 5.97 Å². The molecule has 1 N–H and O–H groups in total. The molecule has 0 heterocycles. The predicted molar refractivity (Wildman–Crippen MR) is 125 cm³/mol. The summed E-state index contributed by atoms with van der Waals surface area (Å²) in [5.41, 5.74) is -0.967. The van der Waals surface area contributed by atoms with Crippen LogP contribution in [0.1, 0.15) is 125 Å². The zero-order valence-electron chi connectivity index (χ0n) is 20.3. The number of unbranched alkanes of at least 4 members (excludes halogenated alkanes) is 9. The number of esters is 1. The molecule has 29 heavy (non-hydrogen) atoms. The average molecular weight is 411 g/mol. The maximum absolute atomic E-state index is 12.3. The van der Waals surface area contributed by atoms with Crippen LogP contribution < -0.4 is 0 Å². The normalized spacial score (nSPS) is 16.1. The van der Waals surface area contributed by atoms with E-state index in [0.29, 0.717) is 12.3 Å². The van der Waals surface area contributed by atoms with E-state index in [1.165, 1.54) is 51.4 Å². The molecule has 0 aromatic heterocycles. The van der Waals surface area contributed by atoms with Crippen molar-refractivity contribution < 1.29 is 14.6 Å². The van der Waals surface area contributed by atoms with Crippen LogP contribution in [0, 0.1) is 11.8 Å². The molecule has 0 aliphatic heterocycles. The molecule has 0 spiro atoms. The van der Waals surface area contributed by atoms with Crippen molar-refractivity contribution in [3.05, 3.63) is 12.2 Å². The highest BCUT2D eigenvalue weighted by Crippen LogP contribution is 2.24. The summed E-state index contributed by atoms with van der Waals surface area (Å²) in [6.07, 6.45) is 19.6. The molecule has 0 saturated carbocycles. The number of ether oxygens (including phenoxy) is 1. The van der Waals surface area contributed by atoms with Gasteiger partial charge in [0.25, 0.3) is 0 Å². The Morgan fingerprint density at radius 2 is 1.41 bits per heavy atom. The molecule has 0 fully saturated rings. The van der Waals surface area contributed by atoms with Crippen molar-refractivity contribution >= 4 is 5.97 Å². The average Bonchev–Trinajstić information content (AvgIpc) is 2.64. The van der Waals surface area contributed by atoms with E-state index in [4.69, 9.17) is 4.74 Å². The Balaban J connectivity index is 3.76. The number of aliphatic hydroxyl groups is 1. The molecule has 0 aliphatic rings. The van der Waals surface area contributed by atoms with Crippen LogP contribution in [0.3, 0.4) is 0 Å². The number of hydrogen-bond acceptors (Lipinski definition) is 3. The minimum atomic E-state index is -0.967. The summed E-state index contributed by atoms with van der Waals surface area (Å²) >= 11 is 0. The van der Waals surface area contributed by atoms with Gasteiger partial charge < -0.3 is 9.84 Å². The Morgan fingerprint density at radius 1 is 0.897 bits per heavy atom. The van der Waals surface area contributed by atoms with Gasteiger partial charge in [-0.05, 0) is 58.3 Å². The van der Waals surface area contributed by atoms with E-state index in [-0.39, 0.29) is 11.9 Å². The Kier molecular flexibility index (Phi) is 16.4. The summed E-state index contributed by atoms with van der Waals surface area (Å²) in [7, 11) is 0. The number of rotatable bonds is 18. The molecule has 0 rings (SSSR count). The second kappa shape index (κ2) is 16.9. The van der Waals surface area contributed by atoms with Gasteiger partial charge in [-0.3, -0.25) is 4.79 Å². The summed E-state index contributed by atoms with van der Waals surface area (Å²) in [4.78, 5) is 12.3. The van der Waals surface area contributed by atoms with Crippen LogP contribution in [0.2, 0.25) is 0 Å². The van der Waals surface area contributed by atoms with Crippen molar-refractivity contribution in [1.82, 2.24) is 0 Å². The summed E-state index contributed by atoms with van der Waals surface area (Å²) in [5.74, 6) is 0.0827. The van der Waals surface area contributed by atoms with Crippen molar-refractivity contribution in [3.63, 3.8) is 0 Å². The minimum absolute atomic E-state index is 0.101. The first kappa shape index (κ1) is 28.2. The SMILES string of the molecule is CCCCCCCCC=CCCCCCC(C)C(=O)OC(C)C(C)(O)CC(C)C. The Morgan fingerprint density at radius 3 is 1.97 bits per heavy atom. The fourth-order valence-corrected chi connectivity index (χ4v) is 3.70. The molecule has 3 unspecified atom stereocenters. The van der Waals surface area contributed by atoms with Crippen LogP contribution in [-0.4, -0.2) is 22.8 Å². The second-order valence-electron chi connectivity index (χ2n) is 9.60. The first-order valence-electron chi connectivity index (χ1n) is 12.3. The summed E-state index contributed by atoms with van der Waals surface area (Å²) in [5, 5.41) is 10.5. The van der Waals surface area contributed by atoms with Gasteiger partial charge in [-0.2, -0.15) is 0 Å². The lowest BCUT2D eigenvalue weighted by Gasteiger charge is -2.32. The Bertz CT molecular complexity index is 426. The van der Waals surface area contributed by atoms with Gasteiger partial charge in [0.15, 0.2) is 0 Å². The molecule has 0 aromatic carbocycles. The van der Waals surface area contributed by atoms with Crippen LogP contribution in [0.5, 0.6) is 0 Å². The Labute approximate surface area is 181 Å². The van der Waals surface area contributed by atoms with Crippen LogP contribution in [0.15, 0.2) is 12.2 Å². The van der Waals surface area contributed by atoms with Gasteiger partial charge in [0.05, 0.1) is 11.5 Å². The van der Waals surface area contributed by atoms with E-state index in [1.54, 1.807) is 13.8 Å². The predicted octanol–water partition coefficient (Wildman–Crippen LogP) is 7.61. The first-order chi connectivity index (χ1) is 13.7. The van der Waals surface area contributed by atoms with Crippen LogP contribution in [0.25, 0.3) is 0 Å². The van der Waals surface area contributed by atoms with Crippen molar-refractivity contribution in [2.24, 2.45) is 11.8 Å². The number of allylic oxidation sites excluding steroid dienone is 2. The largest absolute Gasteiger partial charge is 0.459 e. The second-order valence-corrected chi connectivity index (χ2v) is 9.60. The third-order valence-corrected chi connectivity index (χ3v) is 5.79. The lowest BCUT2D eigenvalue weighted by Crippen LogP contribution is -2.42. The topological polar surface area (TPSA) is 46.5 Å². The van der Waals surface area contributed by atoms with E-state index in [0.717, 1.165) is 25.7 Å². The van der Waals surface area contributed by atoms with Gasteiger partial charge in [0, 0.05) is 0 Å². The molecule has 0 saturated heterocycles. The van der Waals surface area contributed by atoms with Gasteiger partial charge in [-0.1, -0.05) is 84.8 Å². The molecule has 0 aromatic rings. The monoisotopic (exact) mass is 410 g/mol. The van der Waals surface area contributed by atoms with Crippen molar-refractivity contribution in [2.45, 2.75) is 137 Å². The molecule has 3 heteroatoms. The minimum Gasteiger partial charge on any atom is -0.459 e. The molecule has 0 amide bonds. The fraction of sp³-hybridized carbons (Fsp3) is 0.885. The van der Waals surface area contributed by atoms with Crippen LogP contribution in [0.4, 0.5) is 0 Å². The third kappa shape index (κ3) is 15.6. The highest BCUT2D eigenvalue weighted by molar-refractivity contribution is 5.72. The molecule has 0 radical (unpaired) electrons. The van der Waals surface area contributed by atoms with Gasteiger partial charge in [-0.15, -0.1) is 0 Å². The maximum Gasteiger partial charge on any atom is 0.309 e. The molecule has 172 valence electrons. The van der Waals surface area contributed by atoms with E-state index in [9.17, 15) is 9.90 Å². The van der Waals surface area contributed by atoms with Gasteiger partial charge in [0.1, 0.15) is 6.10 Å². The highest BCUT2D eigenvalue weighted by atomic mass is 16.6. The van der Waals surface area contributed by atoms with Gasteiger partial charge in [-0.25, -0.2) is 0 Å². The summed E-state index contributed by atoms with van der Waals surface area (Å²) < 4.78 is 5.54. The van der Waals surface area contributed by atoms with E-state index < -0.39 is 11.7 Å². The quantitative estimate of drug-likeness (QED) is 0.144. The van der Waals surface area contributed by atoms with E-state index in [1.807, 2.05) is 6.92 Å². The summed E-state index contributed by atoms with van der Waals surface area (Å²) in [6, 6.07) is 0. The number of carbonyl (C=O) groups is 1. The number of hydrogen-bond donors (Lipinski definition) is 1. The van der Waals surface area contributed by atoms with Crippen LogP contribution >= 0.6 is 0 Å². The number of carbonyl (C=O) groups excluding carboxylic acids is 1. The lowest BCUT2D eigenvalue weighted by atomic mass is 9.89. The highest BCUT2D eigenvalue weighted by Gasteiger charge is 2.33.